The quantitative estimate of drug-likeness (QED) is 0.835. The van der Waals surface area contributed by atoms with Gasteiger partial charge in [-0.1, -0.05) is 6.42 Å². The van der Waals surface area contributed by atoms with E-state index in [2.05, 4.69) is 0 Å². The first-order valence-corrected chi connectivity index (χ1v) is 8.56. The van der Waals surface area contributed by atoms with Crippen molar-refractivity contribution in [3.63, 3.8) is 0 Å². The van der Waals surface area contributed by atoms with Crippen molar-refractivity contribution in [2.45, 2.75) is 25.7 Å². The van der Waals surface area contributed by atoms with Crippen LogP contribution in [0.4, 0.5) is 0 Å². The molecule has 2 amide bonds. The number of piperazine rings is 1. The van der Waals surface area contributed by atoms with Gasteiger partial charge in [-0.2, -0.15) is 0 Å². The number of amides is 2. The van der Waals surface area contributed by atoms with Gasteiger partial charge in [0.15, 0.2) is 0 Å². The number of hydrogen-bond donors (Lipinski definition) is 0. The van der Waals surface area contributed by atoms with Gasteiger partial charge in [0.05, 0.1) is 6.61 Å². The normalized spacial score (nSPS) is 20.7. The fraction of sp³-hybridized carbons (Fsp3) is 0.556. The van der Waals surface area contributed by atoms with Crippen molar-refractivity contribution < 1.29 is 14.3 Å². The molecule has 23 heavy (non-hydrogen) atoms. The minimum absolute atomic E-state index is 0.0652. The molecule has 1 aromatic rings. The molecule has 122 valence electrons. The number of fused-ring (bicyclic) bond motifs is 1. The first-order chi connectivity index (χ1) is 11.2. The van der Waals surface area contributed by atoms with E-state index in [-0.39, 0.29) is 17.7 Å². The first kappa shape index (κ1) is 14.5. The zero-order valence-electron chi connectivity index (χ0n) is 13.3. The van der Waals surface area contributed by atoms with Gasteiger partial charge in [-0.3, -0.25) is 9.59 Å². The number of benzene rings is 1. The molecule has 1 saturated carbocycles. The number of hydrogen-bond acceptors (Lipinski definition) is 3. The molecule has 1 aromatic carbocycles. The molecular weight excluding hydrogens is 292 g/mol. The highest BCUT2D eigenvalue weighted by Gasteiger charge is 2.32. The van der Waals surface area contributed by atoms with Gasteiger partial charge in [-0.25, -0.2) is 0 Å². The summed E-state index contributed by atoms with van der Waals surface area (Å²) < 4.78 is 5.49. The van der Waals surface area contributed by atoms with E-state index in [4.69, 9.17) is 4.74 Å². The summed E-state index contributed by atoms with van der Waals surface area (Å²) in [6.07, 6.45) is 4.13. The molecule has 2 fully saturated rings. The van der Waals surface area contributed by atoms with Crippen molar-refractivity contribution in [3.8, 4) is 5.75 Å². The van der Waals surface area contributed by atoms with E-state index in [1.54, 1.807) is 0 Å². The molecule has 3 aliphatic rings. The van der Waals surface area contributed by atoms with Gasteiger partial charge in [0.25, 0.3) is 5.91 Å². The van der Waals surface area contributed by atoms with Crippen LogP contribution in [0.5, 0.6) is 5.75 Å². The van der Waals surface area contributed by atoms with Crippen LogP contribution in [-0.2, 0) is 11.2 Å². The first-order valence-electron chi connectivity index (χ1n) is 8.56. The topological polar surface area (TPSA) is 49.9 Å². The van der Waals surface area contributed by atoms with Crippen LogP contribution >= 0.6 is 0 Å². The summed E-state index contributed by atoms with van der Waals surface area (Å²) >= 11 is 0. The molecule has 0 spiro atoms. The SMILES string of the molecule is O=C(c1ccc2c(c1)CCO2)N1CCN(C(=O)C2CCC2)CC1. The zero-order valence-corrected chi connectivity index (χ0v) is 13.3. The van der Waals surface area contributed by atoms with Crippen LogP contribution in [0.2, 0.25) is 0 Å². The number of ether oxygens (including phenoxy) is 1. The lowest BCUT2D eigenvalue weighted by Gasteiger charge is -2.38. The van der Waals surface area contributed by atoms with Crippen molar-refractivity contribution in [2.75, 3.05) is 32.8 Å². The Morgan fingerprint density at radius 3 is 2.48 bits per heavy atom. The van der Waals surface area contributed by atoms with E-state index in [9.17, 15) is 9.59 Å². The fourth-order valence-corrected chi connectivity index (χ4v) is 3.55. The van der Waals surface area contributed by atoms with Gasteiger partial charge < -0.3 is 14.5 Å². The molecule has 5 nitrogen and oxygen atoms in total. The molecule has 2 aliphatic heterocycles. The van der Waals surface area contributed by atoms with Gasteiger partial charge in [-0.15, -0.1) is 0 Å². The Labute approximate surface area is 136 Å². The summed E-state index contributed by atoms with van der Waals surface area (Å²) in [4.78, 5) is 28.7. The zero-order chi connectivity index (χ0) is 15.8. The number of carbonyl (C=O) groups excluding carboxylic acids is 2. The van der Waals surface area contributed by atoms with Crippen molar-refractivity contribution in [1.82, 2.24) is 9.80 Å². The van der Waals surface area contributed by atoms with Crippen LogP contribution < -0.4 is 4.74 Å². The van der Waals surface area contributed by atoms with E-state index in [1.807, 2.05) is 28.0 Å². The standard InChI is InChI=1S/C18H22N2O3/c21-17(13-2-1-3-13)19-7-9-20(10-8-19)18(22)15-4-5-16-14(12-15)6-11-23-16/h4-5,12-13H,1-3,6-11H2. The van der Waals surface area contributed by atoms with Crippen molar-refractivity contribution in [3.05, 3.63) is 29.3 Å². The molecule has 2 heterocycles. The lowest BCUT2D eigenvalue weighted by Crippen LogP contribution is -2.52. The Hall–Kier alpha value is -2.04. The van der Waals surface area contributed by atoms with Crippen LogP contribution in [-0.4, -0.2) is 54.4 Å². The van der Waals surface area contributed by atoms with Crippen LogP contribution in [0.1, 0.15) is 35.2 Å². The third kappa shape index (κ3) is 2.69. The molecule has 0 unspecified atom stereocenters. The average Bonchev–Trinajstić information content (AvgIpc) is 3.00. The fourth-order valence-electron chi connectivity index (χ4n) is 3.55. The predicted molar refractivity (Wildman–Crippen MR) is 85.5 cm³/mol. The van der Waals surface area contributed by atoms with E-state index in [0.29, 0.717) is 32.8 Å². The summed E-state index contributed by atoms with van der Waals surface area (Å²) in [6, 6.07) is 5.70. The van der Waals surface area contributed by atoms with Gasteiger partial charge in [-0.05, 0) is 36.6 Å². The molecule has 0 N–H and O–H groups in total. The summed E-state index contributed by atoms with van der Waals surface area (Å²) in [6.45, 7) is 3.29. The lowest BCUT2D eigenvalue weighted by atomic mass is 9.84. The van der Waals surface area contributed by atoms with Crippen LogP contribution in [0, 0.1) is 5.92 Å². The van der Waals surface area contributed by atoms with Crippen molar-refractivity contribution in [2.24, 2.45) is 5.92 Å². The van der Waals surface area contributed by atoms with Crippen LogP contribution in [0.15, 0.2) is 18.2 Å². The maximum atomic E-state index is 12.7. The minimum Gasteiger partial charge on any atom is -0.493 e. The maximum absolute atomic E-state index is 12.7. The highest BCUT2D eigenvalue weighted by Crippen LogP contribution is 2.29. The van der Waals surface area contributed by atoms with Crippen molar-refractivity contribution >= 4 is 11.8 Å². The maximum Gasteiger partial charge on any atom is 0.253 e. The number of carbonyl (C=O) groups is 2. The molecule has 4 rings (SSSR count). The smallest absolute Gasteiger partial charge is 0.253 e. The Morgan fingerprint density at radius 2 is 1.78 bits per heavy atom. The summed E-state index contributed by atoms with van der Waals surface area (Å²) in [7, 11) is 0. The average molecular weight is 314 g/mol. The predicted octanol–water partition coefficient (Wildman–Crippen LogP) is 1.71. The molecule has 0 atom stereocenters. The van der Waals surface area contributed by atoms with E-state index in [1.165, 1.54) is 6.42 Å². The van der Waals surface area contributed by atoms with Crippen LogP contribution in [0.25, 0.3) is 0 Å². The number of rotatable bonds is 2. The molecule has 5 heteroatoms. The summed E-state index contributed by atoms with van der Waals surface area (Å²) in [5, 5.41) is 0. The molecule has 0 radical (unpaired) electrons. The second kappa shape index (κ2) is 5.87. The summed E-state index contributed by atoms with van der Waals surface area (Å²) in [5.74, 6) is 1.50. The summed E-state index contributed by atoms with van der Waals surface area (Å²) in [5.41, 5.74) is 1.85. The third-order valence-electron chi connectivity index (χ3n) is 5.27. The Balaban J connectivity index is 1.38. The highest BCUT2D eigenvalue weighted by atomic mass is 16.5. The van der Waals surface area contributed by atoms with Gasteiger partial charge in [0, 0.05) is 44.1 Å². The second-order valence-corrected chi connectivity index (χ2v) is 6.67. The number of nitrogens with zero attached hydrogens (tertiary/aromatic N) is 2. The highest BCUT2D eigenvalue weighted by molar-refractivity contribution is 5.95. The van der Waals surface area contributed by atoms with Crippen molar-refractivity contribution in [1.29, 1.82) is 0 Å². The molecule has 0 bridgehead atoms. The Morgan fingerprint density at radius 1 is 1.04 bits per heavy atom. The monoisotopic (exact) mass is 314 g/mol. The van der Waals surface area contributed by atoms with Gasteiger partial charge >= 0.3 is 0 Å². The molecule has 1 aliphatic carbocycles. The largest absolute Gasteiger partial charge is 0.493 e. The van der Waals surface area contributed by atoms with Crippen LogP contribution in [0.3, 0.4) is 0 Å². The van der Waals surface area contributed by atoms with Gasteiger partial charge in [0.1, 0.15) is 5.75 Å². The van der Waals surface area contributed by atoms with Gasteiger partial charge in [0.2, 0.25) is 5.91 Å². The van der Waals surface area contributed by atoms with E-state index >= 15 is 0 Å². The minimum atomic E-state index is 0.0652. The third-order valence-corrected chi connectivity index (χ3v) is 5.27. The second-order valence-electron chi connectivity index (χ2n) is 6.67. The van der Waals surface area contributed by atoms with E-state index in [0.717, 1.165) is 36.1 Å². The molecule has 0 aromatic heterocycles. The Kier molecular flexibility index (Phi) is 3.71. The van der Waals surface area contributed by atoms with E-state index < -0.39 is 0 Å². The lowest BCUT2D eigenvalue weighted by molar-refractivity contribution is -0.139. The molecule has 1 saturated heterocycles. The molecular formula is C18H22N2O3. The Bertz CT molecular complexity index is 631.